The highest BCUT2D eigenvalue weighted by molar-refractivity contribution is 6.32. The van der Waals surface area contributed by atoms with Gasteiger partial charge in [-0.15, -0.1) is 0 Å². The Morgan fingerprint density at radius 3 is 2.58 bits per heavy atom. The molecule has 1 atom stereocenters. The van der Waals surface area contributed by atoms with E-state index >= 15 is 0 Å². The van der Waals surface area contributed by atoms with Crippen LogP contribution in [-0.4, -0.2) is 37.0 Å². The van der Waals surface area contributed by atoms with Gasteiger partial charge in [0.2, 0.25) is 5.91 Å². The Bertz CT molecular complexity index is 433. The quantitative estimate of drug-likeness (QED) is 0.873. The number of carbonyl (C=O) groups is 1. The number of hydrogen-bond acceptors (Lipinski definition) is 3. The molecule has 19 heavy (non-hydrogen) atoms. The molecule has 4 nitrogen and oxygen atoms in total. The third-order valence-electron chi connectivity index (χ3n) is 2.98. The number of ether oxygens (including phenoxy) is 1. The number of nitrogens with zero attached hydrogens (tertiary/aromatic N) is 1. The fraction of sp³-hybridized carbons (Fsp3) is 0.500. The number of benzene rings is 1. The van der Waals surface area contributed by atoms with Crippen molar-refractivity contribution in [2.24, 2.45) is 0 Å². The van der Waals surface area contributed by atoms with Gasteiger partial charge < -0.3 is 15.0 Å². The lowest BCUT2D eigenvalue weighted by Crippen LogP contribution is -2.41. The minimum atomic E-state index is -0.286. The monoisotopic (exact) mass is 284 g/mol. The molecule has 0 fully saturated rings. The predicted molar refractivity (Wildman–Crippen MR) is 79.0 cm³/mol. The van der Waals surface area contributed by atoms with Crippen molar-refractivity contribution >= 4 is 23.2 Å². The highest BCUT2D eigenvalue weighted by Gasteiger charge is 2.18. The molecule has 0 saturated carbocycles. The van der Waals surface area contributed by atoms with Gasteiger partial charge in [0.05, 0.1) is 12.1 Å². The summed E-state index contributed by atoms with van der Waals surface area (Å²) in [5.74, 6) is 0.674. The van der Waals surface area contributed by atoms with E-state index in [2.05, 4.69) is 5.32 Å². The summed E-state index contributed by atoms with van der Waals surface area (Å²) in [6, 6.07) is 5.08. The molecule has 0 aliphatic heterocycles. The maximum atomic E-state index is 12.1. The van der Waals surface area contributed by atoms with Crippen LogP contribution in [-0.2, 0) is 4.79 Å². The maximum Gasteiger partial charge on any atom is 0.244 e. The average Bonchev–Trinajstić information content (AvgIpc) is 2.42. The van der Waals surface area contributed by atoms with Crippen LogP contribution in [0.15, 0.2) is 18.2 Å². The molecule has 0 spiro atoms. The number of hydrogen-bond donors (Lipinski definition) is 1. The van der Waals surface area contributed by atoms with Crippen molar-refractivity contribution in [3.63, 3.8) is 0 Å². The first-order chi connectivity index (χ1) is 9.03. The van der Waals surface area contributed by atoms with E-state index < -0.39 is 0 Å². The normalized spacial score (nSPS) is 11.8. The molecule has 0 aliphatic rings. The van der Waals surface area contributed by atoms with Gasteiger partial charge in [0.25, 0.3) is 0 Å². The minimum Gasteiger partial charge on any atom is -0.495 e. The Labute approximate surface area is 119 Å². The molecule has 0 bridgehead atoms. The van der Waals surface area contributed by atoms with Crippen LogP contribution in [0.5, 0.6) is 5.75 Å². The second kappa shape index (κ2) is 7.24. The molecule has 0 radical (unpaired) electrons. The van der Waals surface area contributed by atoms with E-state index in [1.54, 1.807) is 24.1 Å². The van der Waals surface area contributed by atoms with Crippen LogP contribution < -0.4 is 10.1 Å². The van der Waals surface area contributed by atoms with Crippen LogP contribution in [0, 0.1) is 0 Å². The fourth-order valence-corrected chi connectivity index (χ4v) is 2.07. The smallest absolute Gasteiger partial charge is 0.244 e. The van der Waals surface area contributed by atoms with E-state index in [9.17, 15) is 4.79 Å². The zero-order valence-corrected chi connectivity index (χ0v) is 12.6. The average molecular weight is 285 g/mol. The third kappa shape index (κ3) is 4.03. The summed E-state index contributed by atoms with van der Waals surface area (Å²) in [5, 5.41) is 3.71. The summed E-state index contributed by atoms with van der Waals surface area (Å²) in [4.78, 5) is 13.9. The van der Waals surface area contributed by atoms with Crippen LogP contribution in [0.3, 0.4) is 0 Å². The maximum absolute atomic E-state index is 12.1. The van der Waals surface area contributed by atoms with Crippen LogP contribution in [0.4, 0.5) is 5.69 Å². The molecule has 1 rings (SSSR count). The molecule has 1 aromatic carbocycles. The predicted octanol–water partition coefficient (Wildman–Crippen LogP) is 3.02. The van der Waals surface area contributed by atoms with Gasteiger partial charge in [0.1, 0.15) is 11.8 Å². The van der Waals surface area contributed by atoms with Crippen LogP contribution in [0.1, 0.15) is 20.8 Å². The first kappa shape index (κ1) is 15.6. The number of likely N-dealkylation sites (N-methyl/N-ethyl adjacent to an activating group) is 1. The van der Waals surface area contributed by atoms with Crippen molar-refractivity contribution in [3.05, 3.63) is 23.2 Å². The number of halogens is 1. The molecule has 0 heterocycles. The largest absolute Gasteiger partial charge is 0.495 e. The molecule has 5 heteroatoms. The molecule has 0 aliphatic carbocycles. The number of rotatable bonds is 6. The van der Waals surface area contributed by atoms with Gasteiger partial charge in [0.15, 0.2) is 0 Å². The van der Waals surface area contributed by atoms with E-state index in [0.29, 0.717) is 23.9 Å². The van der Waals surface area contributed by atoms with Crippen molar-refractivity contribution in [3.8, 4) is 5.75 Å². The van der Waals surface area contributed by atoms with Gasteiger partial charge in [-0.1, -0.05) is 11.6 Å². The first-order valence-electron chi connectivity index (χ1n) is 6.42. The fourth-order valence-electron chi connectivity index (χ4n) is 1.87. The SMILES string of the molecule is CCN(CC)C(=O)C(C)Nc1ccc(Cl)c(OC)c1. The summed E-state index contributed by atoms with van der Waals surface area (Å²) in [6.45, 7) is 7.22. The molecule has 0 aromatic heterocycles. The number of anilines is 1. The lowest BCUT2D eigenvalue weighted by atomic mass is 10.2. The summed E-state index contributed by atoms with van der Waals surface area (Å²) in [6.07, 6.45) is 0. The summed E-state index contributed by atoms with van der Waals surface area (Å²) >= 11 is 5.96. The van der Waals surface area contributed by atoms with Crippen LogP contribution >= 0.6 is 11.6 Å². The summed E-state index contributed by atoms with van der Waals surface area (Å²) in [7, 11) is 1.56. The molecule has 1 aromatic rings. The lowest BCUT2D eigenvalue weighted by molar-refractivity contribution is -0.131. The van der Waals surface area contributed by atoms with Gasteiger partial charge in [-0.05, 0) is 32.9 Å². The Morgan fingerprint density at radius 2 is 2.05 bits per heavy atom. The Hall–Kier alpha value is -1.42. The van der Waals surface area contributed by atoms with Crippen molar-refractivity contribution in [2.75, 3.05) is 25.5 Å². The third-order valence-corrected chi connectivity index (χ3v) is 3.29. The van der Waals surface area contributed by atoms with E-state index in [-0.39, 0.29) is 11.9 Å². The van der Waals surface area contributed by atoms with Crippen molar-refractivity contribution in [2.45, 2.75) is 26.8 Å². The number of amides is 1. The highest BCUT2D eigenvalue weighted by atomic mass is 35.5. The molecular formula is C14H21ClN2O2. The van der Waals surface area contributed by atoms with Crippen molar-refractivity contribution < 1.29 is 9.53 Å². The standard InChI is InChI=1S/C14H21ClN2O2/c1-5-17(6-2)14(18)10(3)16-11-7-8-12(15)13(9-11)19-4/h7-10,16H,5-6H2,1-4H3. The minimum absolute atomic E-state index is 0.0823. The summed E-state index contributed by atoms with van der Waals surface area (Å²) in [5.41, 5.74) is 0.814. The second-order valence-electron chi connectivity index (χ2n) is 4.23. The number of methoxy groups -OCH3 is 1. The molecule has 106 valence electrons. The lowest BCUT2D eigenvalue weighted by Gasteiger charge is -2.24. The highest BCUT2D eigenvalue weighted by Crippen LogP contribution is 2.27. The van der Waals surface area contributed by atoms with Crippen molar-refractivity contribution in [1.82, 2.24) is 4.90 Å². The molecule has 1 unspecified atom stereocenters. The summed E-state index contributed by atoms with van der Waals surface area (Å²) < 4.78 is 5.15. The van der Waals surface area contributed by atoms with Gasteiger partial charge >= 0.3 is 0 Å². The van der Waals surface area contributed by atoms with Gasteiger partial charge in [-0.3, -0.25) is 4.79 Å². The Kier molecular flexibility index (Phi) is 5.96. The molecule has 1 amide bonds. The molecule has 1 N–H and O–H groups in total. The van der Waals surface area contributed by atoms with Crippen LogP contribution in [0.25, 0.3) is 0 Å². The second-order valence-corrected chi connectivity index (χ2v) is 4.63. The Balaban J connectivity index is 2.76. The van der Waals surface area contributed by atoms with Gasteiger partial charge in [-0.2, -0.15) is 0 Å². The van der Waals surface area contributed by atoms with E-state index in [1.807, 2.05) is 26.8 Å². The van der Waals surface area contributed by atoms with E-state index in [4.69, 9.17) is 16.3 Å². The van der Waals surface area contributed by atoms with Gasteiger partial charge in [0, 0.05) is 24.8 Å². The zero-order chi connectivity index (χ0) is 14.4. The molecular weight excluding hydrogens is 264 g/mol. The van der Waals surface area contributed by atoms with Crippen LogP contribution in [0.2, 0.25) is 5.02 Å². The number of nitrogens with one attached hydrogen (secondary N) is 1. The topological polar surface area (TPSA) is 41.6 Å². The Morgan fingerprint density at radius 1 is 1.42 bits per heavy atom. The first-order valence-corrected chi connectivity index (χ1v) is 6.80. The zero-order valence-electron chi connectivity index (χ0n) is 11.9. The molecule has 0 saturated heterocycles. The van der Waals surface area contributed by atoms with Crippen molar-refractivity contribution in [1.29, 1.82) is 0 Å². The van der Waals surface area contributed by atoms with E-state index in [1.165, 1.54) is 0 Å². The van der Waals surface area contributed by atoms with E-state index in [0.717, 1.165) is 5.69 Å². The van der Waals surface area contributed by atoms with Gasteiger partial charge in [-0.25, -0.2) is 0 Å². The number of carbonyl (C=O) groups excluding carboxylic acids is 1.